The van der Waals surface area contributed by atoms with Crippen molar-refractivity contribution in [3.8, 4) is 0 Å². The summed E-state index contributed by atoms with van der Waals surface area (Å²) in [5, 5.41) is 0.665. The van der Waals surface area contributed by atoms with E-state index in [4.69, 9.17) is 4.74 Å². The van der Waals surface area contributed by atoms with Gasteiger partial charge in [0.05, 0.1) is 18.3 Å². The highest BCUT2D eigenvalue weighted by molar-refractivity contribution is 9.08. The topological polar surface area (TPSA) is 12.5 Å². The van der Waals surface area contributed by atoms with Crippen LogP contribution in [-0.2, 0) is 10.1 Å². The Balaban J connectivity index is 2.30. The fourth-order valence-corrected chi connectivity index (χ4v) is 2.53. The summed E-state index contributed by atoms with van der Waals surface area (Å²) < 4.78 is 19.2. The highest BCUT2D eigenvalue weighted by Crippen LogP contribution is 2.28. The minimum atomic E-state index is -0.161. The maximum absolute atomic E-state index is 13.8. The van der Waals surface area contributed by atoms with Crippen molar-refractivity contribution in [3.05, 3.63) is 29.6 Å². The van der Waals surface area contributed by atoms with Crippen LogP contribution in [0.5, 0.6) is 0 Å². The van der Waals surface area contributed by atoms with Gasteiger partial charge in [0.15, 0.2) is 0 Å². The van der Waals surface area contributed by atoms with Crippen LogP contribution in [0, 0.1) is 5.82 Å². The third-order valence-electron chi connectivity index (χ3n) is 3.02. The molecule has 1 unspecified atom stereocenters. The first-order chi connectivity index (χ1) is 7.74. The minimum Gasteiger partial charge on any atom is -0.379 e. The fraction of sp³-hybridized carbons (Fsp3) is 0.500. The molecule has 0 amide bonds. The predicted molar refractivity (Wildman–Crippen MR) is 66.7 cm³/mol. The SMILES string of the molecule is CN(c1c(F)cccc1CBr)C1CCOC1. The molecule has 1 aromatic carbocycles. The lowest BCUT2D eigenvalue weighted by Crippen LogP contribution is -2.33. The van der Waals surface area contributed by atoms with Gasteiger partial charge in [-0.15, -0.1) is 0 Å². The van der Waals surface area contributed by atoms with Gasteiger partial charge in [0.25, 0.3) is 0 Å². The Morgan fingerprint density at radius 3 is 3.00 bits per heavy atom. The van der Waals surface area contributed by atoms with E-state index in [1.54, 1.807) is 6.07 Å². The van der Waals surface area contributed by atoms with Gasteiger partial charge in [-0.2, -0.15) is 0 Å². The zero-order chi connectivity index (χ0) is 11.5. The van der Waals surface area contributed by atoms with E-state index >= 15 is 0 Å². The average molecular weight is 288 g/mol. The minimum absolute atomic E-state index is 0.161. The number of benzene rings is 1. The molecule has 1 atom stereocenters. The first kappa shape index (κ1) is 11.9. The van der Waals surface area contributed by atoms with E-state index in [2.05, 4.69) is 15.9 Å². The molecule has 0 aliphatic carbocycles. The molecule has 1 aliphatic heterocycles. The highest BCUT2D eigenvalue weighted by atomic mass is 79.9. The van der Waals surface area contributed by atoms with Crippen molar-refractivity contribution >= 4 is 21.6 Å². The molecular formula is C12H15BrFNO. The molecule has 1 saturated heterocycles. The molecule has 1 fully saturated rings. The van der Waals surface area contributed by atoms with Gasteiger partial charge in [0.1, 0.15) is 5.82 Å². The van der Waals surface area contributed by atoms with Crippen LogP contribution in [0.25, 0.3) is 0 Å². The van der Waals surface area contributed by atoms with Gasteiger partial charge in [-0.05, 0) is 18.1 Å². The second-order valence-corrected chi connectivity index (χ2v) is 4.57. The molecule has 16 heavy (non-hydrogen) atoms. The number of rotatable bonds is 3. The van der Waals surface area contributed by atoms with Crippen LogP contribution in [0.1, 0.15) is 12.0 Å². The Hall–Kier alpha value is -0.610. The van der Waals surface area contributed by atoms with Crippen LogP contribution in [0.2, 0.25) is 0 Å². The van der Waals surface area contributed by atoms with Crippen LogP contribution >= 0.6 is 15.9 Å². The van der Waals surface area contributed by atoms with E-state index in [1.165, 1.54) is 6.07 Å². The second kappa shape index (κ2) is 5.15. The summed E-state index contributed by atoms with van der Waals surface area (Å²) in [5.41, 5.74) is 1.67. The quantitative estimate of drug-likeness (QED) is 0.793. The molecule has 0 spiro atoms. The molecule has 1 heterocycles. The monoisotopic (exact) mass is 287 g/mol. The molecule has 2 rings (SSSR count). The van der Waals surface area contributed by atoms with Gasteiger partial charge in [-0.3, -0.25) is 0 Å². The standard InChI is InChI=1S/C12H15BrFNO/c1-15(10-5-6-16-8-10)12-9(7-13)3-2-4-11(12)14/h2-4,10H,5-8H2,1H3. The van der Waals surface area contributed by atoms with Gasteiger partial charge in [0, 0.05) is 19.0 Å². The van der Waals surface area contributed by atoms with Crippen molar-refractivity contribution in [1.29, 1.82) is 0 Å². The summed E-state index contributed by atoms with van der Waals surface area (Å²) in [6.07, 6.45) is 0.965. The Labute approximate surface area is 104 Å². The van der Waals surface area contributed by atoms with Crippen molar-refractivity contribution in [2.75, 3.05) is 25.2 Å². The maximum atomic E-state index is 13.8. The molecule has 0 N–H and O–H groups in total. The van der Waals surface area contributed by atoms with E-state index in [0.29, 0.717) is 17.6 Å². The first-order valence-electron chi connectivity index (χ1n) is 5.38. The molecule has 1 aliphatic rings. The van der Waals surface area contributed by atoms with E-state index in [1.807, 2.05) is 18.0 Å². The number of nitrogens with zero attached hydrogens (tertiary/aromatic N) is 1. The molecule has 88 valence electrons. The van der Waals surface area contributed by atoms with Gasteiger partial charge in [0.2, 0.25) is 0 Å². The number of ether oxygens (including phenoxy) is 1. The number of anilines is 1. The first-order valence-corrected chi connectivity index (χ1v) is 6.50. The number of hydrogen-bond acceptors (Lipinski definition) is 2. The molecule has 0 aromatic heterocycles. The smallest absolute Gasteiger partial charge is 0.146 e. The van der Waals surface area contributed by atoms with Crippen LogP contribution in [-0.4, -0.2) is 26.3 Å². The zero-order valence-corrected chi connectivity index (χ0v) is 10.8. The lowest BCUT2D eigenvalue weighted by molar-refractivity contribution is 0.193. The van der Waals surface area contributed by atoms with Crippen LogP contribution < -0.4 is 4.90 Å². The van der Waals surface area contributed by atoms with Gasteiger partial charge < -0.3 is 9.64 Å². The molecule has 0 bridgehead atoms. The summed E-state index contributed by atoms with van der Waals surface area (Å²) in [7, 11) is 1.93. The summed E-state index contributed by atoms with van der Waals surface area (Å²) in [6.45, 7) is 1.46. The number of alkyl halides is 1. The molecule has 4 heteroatoms. The van der Waals surface area contributed by atoms with Gasteiger partial charge in [-0.1, -0.05) is 28.1 Å². The van der Waals surface area contributed by atoms with Crippen molar-refractivity contribution in [2.24, 2.45) is 0 Å². The maximum Gasteiger partial charge on any atom is 0.146 e. The average Bonchev–Trinajstić information content (AvgIpc) is 2.81. The summed E-state index contributed by atoms with van der Waals surface area (Å²) in [4.78, 5) is 2.00. The molecule has 1 aromatic rings. The molecular weight excluding hydrogens is 273 g/mol. The lowest BCUT2D eigenvalue weighted by Gasteiger charge is -2.27. The number of likely N-dealkylation sites (N-methyl/N-ethyl adjacent to an activating group) is 1. The summed E-state index contributed by atoms with van der Waals surface area (Å²) in [5.74, 6) is -0.161. The number of hydrogen-bond donors (Lipinski definition) is 0. The third kappa shape index (κ3) is 2.23. The van der Waals surface area contributed by atoms with Crippen molar-refractivity contribution in [3.63, 3.8) is 0 Å². The summed E-state index contributed by atoms with van der Waals surface area (Å²) >= 11 is 3.39. The number of para-hydroxylation sites is 1. The second-order valence-electron chi connectivity index (χ2n) is 4.01. The van der Waals surface area contributed by atoms with Crippen LogP contribution in [0.15, 0.2) is 18.2 Å². The third-order valence-corrected chi connectivity index (χ3v) is 3.62. The largest absolute Gasteiger partial charge is 0.379 e. The molecule has 2 nitrogen and oxygen atoms in total. The van der Waals surface area contributed by atoms with E-state index in [9.17, 15) is 4.39 Å². The normalized spacial score (nSPS) is 20.1. The Kier molecular flexibility index (Phi) is 3.82. The van der Waals surface area contributed by atoms with Crippen molar-refractivity contribution in [2.45, 2.75) is 17.8 Å². The van der Waals surface area contributed by atoms with Crippen LogP contribution in [0.4, 0.5) is 10.1 Å². The van der Waals surface area contributed by atoms with Crippen molar-refractivity contribution in [1.82, 2.24) is 0 Å². The summed E-state index contributed by atoms with van der Waals surface area (Å²) in [6, 6.07) is 5.48. The zero-order valence-electron chi connectivity index (χ0n) is 9.25. The van der Waals surface area contributed by atoms with Gasteiger partial charge in [-0.25, -0.2) is 4.39 Å². The van der Waals surface area contributed by atoms with Crippen LogP contribution in [0.3, 0.4) is 0 Å². The van der Waals surface area contributed by atoms with Crippen molar-refractivity contribution < 1.29 is 9.13 Å². The predicted octanol–water partition coefficient (Wildman–Crippen LogP) is 2.95. The van der Waals surface area contributed by atoms with E-state index < -0.39 is 0 Å². The van der Waals surface area contributed by atoms with Gasteiger partial charge >= 0.3 is 0 Å². The lowest BCUT2D eigenvalue weighted by atomic mass is 10.1. The fourth-order valence-electron chi connectivity index (χ4n) is 2.07. The molecule has 0 saturated carbocycles. The Morgan fingerprint density at radius 1 is 1.56 bits per heavy atom. The van der Waals surface area contributed by atoms with E-state index in [-0.39, 0.29) is 11.9 Å². The highest BCUT2D eigenvalue weighted by Gasteiger charge is 2.23. The Bertz CT molecular complexity index is 366. The Morgan fingerprint density at radius 2 is 2.38 bits per heavy atom. The molecule has 0 radical (unpaired) electrons. The van der Waals surface area contributed by atoms with E-state index in [0.717, 1.165) is 18.6 Å². The number of halogens is 2.